The topological polar surface area (TPSA) is 127 Å². The molecule has 0 spiro atoms. The van der Waals surface area contributed by atoms with Crippen molar-refractivity contribution in [2.45, 2.75) is 37.8 Å². The van der Waals surface area contributed by atoms with Crippen molar-refractivity contribution < 1.29 is 23.6 Å². The number of fused-ring (bicyclic) bond motifs is 1. The Morgan fingerprint density at radius 1 is 1.14 bits per heavy atom. The third-order valence-electron chi connectivity index (χ3n) is 6.36. The van der Waals surface area contributed by atoms with E-state index < -0.39 is 4.92 Å². The molecule has 1 aliphatic heterocycles. The summed E-state index contributed by atoms with van der Waals surface area (Å²) in [5.41, 5.74) is 0.927. The van der Waals surface area contributed by atoms with Crippen LogP contribution in [0.2, 0.25) is 0 Å². The smallest absolute Gasteiger partial charge is 0.401 e. The van der Waals surface area contributed by atoms with Crippen LogP contribution >= 0.6 is 0 Å². The van der Waals surface area contributed by atoms with Gasteiger partial charge in [0.2, 0.25) is 0 Å². The van der Waals surface area contributed by atoms with Gasteiger partial charge in [0.15, 0.2) is 5.82 Å². The minimum Gasteiger partial charge on any atom is -0.401 e. The number of halogens is 1. The third-order valence-corrected chi connectivity index (χ3v) is 6.36. The monoisotopic (exact) mass is 483 g/mol. The molecular formula is C24H26FN5O5. The Labute approximate surface area is 200 Å². The molecule has 0 radical (unpaired) electrons. The number of morpholine rings is 1. The molecule has 35 heavy (non-hydrogen) atoms. The molecule has 3 heterocycles. The number of hydrogen-bond donors (Lipinski definition) is 2. The van der Waals surface area contributed by atoms with Crippen LogP contribution in [0.15, 0.2) is 28.7 Å². The van der Waals surface area contributed by atoms with Gasteiger partial charge in [0.25, 0.3) is 0 Å². The molecule has 0 amide bonds. The van der Waals surface area contributed by atoms with Gasteiger partial charge in [0.05, 0.1) is 36.6 Å². The normalized spacial score (nSPS) is 21.0. The van der Waals surface area contributed by atoms with E-state index in [1.54, 1.807) is 12.1 Å². The van der Waals surface area contributed by atoms with Crippen LogP contribution in [0.4, 0.5) is 21.8 Å². The van der Waals surface area contributed by atoms with Gasteiger partial charge in [0.1, 0.15) is 22.3 Å². The first kappa shape index (κ1) is 23.2. The summed E-state index contributed by atoms with van der Waals surface area (Å²) in [6.45, 7) is 2.28. The van der Waals surface area contributed by atoms with Gasteiger partial charge in [0, 0.05) is 30.6 Å². The predicted octanol–water partition coefficient (Wildman–Crippen LogP) is 3.99. The zero-order valence-electron chi connectivity index (χ0n) is 19.0. The number of nitro groups is 1. The lowest BCUT2D eigenvalue weighted by Crippen LogP contribution is -2.36. The molecule has 2 fully saturated rings. The number of anilines is 2. The molecule has 0 bridgehead atoms. The van der Waals surface area contributed by atoms with E-state index in [0.29, 0.717) is 67.4 Å². The molecule has 0 unspecified atom stereocenters. The Kier molecular flexibility index (Phi) is 6.60. The minimum atomic E-state index is -0.609. The average Bonchev–Trinajstić information content (AvgIpc) is 3.34. The van der Waals surface area contributed by atoms with Crippen molar-refractivity contribution in [2.75, 3.05) is 36.5 Å². The first-order chi connectivity index (χ1) is 17.0. The highest BCUT2D eigenvalue weighted by molar-refractivity contribution is 5.93. The van der Waals surface area contributed by atoms with Crippen molar-refractivity contribution in [2.24, 2.45) is 0 Å². The Morgan fingerprint density at radius 3 is 2.63 bits per heavy atom. The number of nitrogens with zero attached hydrogens (tertiary/aromatic N) is 4. The summed E-state index contributed by atoms with van der Waals surface area (Å²) in [5.74, 6) is 0.444. The largest absolute Gasteiger partial charge is 0.433 e. The fraction of sp³-hybridized carbons (Fsp3) is 0.417. The van der Waals surface area contributed by atoms with Crippen LogP contribution < -0.4 is 10.2 Å². The van der Waals surface area contributed by atoms with Gasteiger partial charge in [-0.05, 0) is 50.0 Å². The average molecular weight is 484 g/mol. The maximum atomic E-state index is 15.1. The second kappa shape index (κ2) is 9.96. The van der Waals surface area contributed by atoms with Crippen molar-refractivity contribution >= 4 is 40.4 Å². The first-order valence-corrected chi connectivity index (χ1v) is 11.7. The lowest BCUT2D eigenvalue weighted by molar-refractivity contribution is -0.402. The van der Waals surface area contributed by atoms with Gasteiger partial charge in [-0.1, -0.05) is 0 Å². The van der Waals surface area contributed by atoms with Crippen LogP contribution in [0.1, 0.15) is 37.3 Å². The van der Waals surface area contributed by atoms with Crippen molar-refractivity contribution in [1.29, 1.82) is 0 Å². The van der Waals surface area contributed by atoms with E-state index in [9.17, 15) is 15.2 Å². The summed E-state index contributed by atoms with van der Waals surface area (Å²) >= 11 is 0. The minimum absolute atomic E-state index is 0.123. The Balaban J connectivity index is 1.51. The number of rotatable bonds is 6. The van der Waals surface area contributed by atoms with E-state index in [-0.39, 0.29) is 29.6 Å². The number of hydrogen-bond acceptors (Lipinski definition) is 9. The van der Waals surface area contributed by atoms with Gasteiger partial charge in [-0.15, -0.1) is 0 Å². The molecule has 11 heteroatoms. The van der Waals surface area contributed by atoms with Crippen LogP contribution in [-0.2, 0) is 4.74 Å². The molecule has 1 saturated heterocycles. The van der Waals surface area contributed by atoms with Gasteiger partial charge in [-0.3, -0.25) is 10.1 Å². The predicted molar refractivity (Wildman–Crippen MR) is 129 cm³/mol. The number of aliphatic hydroxyl groups is 1. The maximum absolute atomic E-state index is 15.1. The number of ether oxygens (including phenoxy) is 1. The Morgan fingerprint density at radius 2 is 1.91 bits per heavy atom. The van der Waals surface area contributed by atoms with E-state index in [4.69, 9.17) is 9.15 Å². The van der Waals surface area contributed by atoms with E-state index in [1.165, 1.54) is 24.3 Å². The molecule has 0 atom stereocenters. The van der Waals surface area contributed by atoms with Gasteiger partial charge < -0.3 is 24.5 Å². The molecule has 1 aliphatic carbocycles. The Bertz CT molecular complexity index is 1250. The quantitative estimate of drug-likeness (QED) is 0.395. The molecule has 1 aromatic carbocycles. The first-order valence-electron chi connectivity index (χ1n) is 11.7. The zero-order chi connectivity index (χ0) is 24.4. The number of nitrogens with one attached hydrogen (secondary N) is 1. The molecule has 184 valence electrons. The lowest BCUT2D eigenvalue weighted by Gasteiger charge is -2.30. The van der Waals surface area contributed by atoms with Crippen molar-refractivity contribution in [3.05, 3.63) is 51.8 Å². The second-order valence-electron chi connectivity index (χ2n) is 8.77. The highest BCUT2D eigenvalue weighted by atomic mass is 19.1. The SMILES string of the molecule is O=[N+]([O-])c1ccc(C=Cc2nc(NC3CCC(O)CC3)c3cc(N4CCOCC4)c(F)cc3n2)o1. The molecule has 5 rings (SSSR count). The fourth-order valence-electron chi connectivity index (χ4n) is 4.49. The number of aromatic nitrogens is 2. The summed E-state index contributed by atoms with van der Waals surface area (Å²) in [6.07, 6.45) is 5.83. The van der Waals surface area contributed by atoms with E-state index in [1.807, 2.05) is 4.90 Å². The molecular weight excluding hydrogens is 457 g/mol. The van der Waals surface area contributed by atoms with Gasteiger partial charge in [-0.25, -0.2) is 14.4 Å². The highest BCUT2D eigenvalue weighted by Crippen LogP contribution is 2.32. The van der Waals surface area contributed by atoms with Gasteiger partial charge in [-0.2, -0.15) is 0 Å². The zero-order valence-corrected chi connectivity index (χ0v) is 19.0. The molecule has 2 N–H and O–H groups in total. The van der Waals surface area contributed by atoms with Gasteiger partial charge >= 0.3 is 5.88 Å². The highest BCUT2D eigenvalue weighted by Gasteiger charge is 2.22. The maximum Gasteiger partial charge on any atom is 0.433 e. The summed E-state index contributed by atoms with van der Waals surface area (Å²) in [7, 11) is 0. The van der Waals surface area contributed by atoms with E-state index in [0.717, 1.165) is 12.8 Å². The van der Waals surface area contributed by atoms with Crippen LogP contribution in [-0.4, -0.2) is 58.4 Å². The number of benzene rings is 1. The molecule has 3 aromatic rings. The summed E-state index contributed by atoms with van der Waals surface area (Å²) in [5, 5.41) is 24.9. The molecule has 2 aliphatic rings. The van der Waals surface area contributed by atoms with E-state index >= 15 is 4.39 Å². The standard InChI is InChI=1S/C24H26FN5O5/c25-19-14-20-18(13-21(19)29-9-11-34-12-10-29)24(26-15-1-3-16(31)4-2-15)28-22(27-20)7-5-17-6-8-23(35-17)30(32)33/h5-8,13-16,31H,1-4,9-12H2,(H,26,27,28). The summed E-state index contributed by atoms with van der Waals surface area (Å²) in [6, 6.07) is 6.06. The lowest BCUT2D eigenvalue weighted by atomic mass is 9.93. The van der Waals surface area contributed by atoms with E-state index in [2.05, 4.69) is 15.3 Å². The van der Waals surface area contributed by atoms with Crippen molar-refractivity contribution in [3.63, 3.8) is 0 Å². The number of furan rings is 1. The van der Waals surface area contributed by atoms with Crippen LogP contribution in [0, 0.1) is 15.9 Å². The van der Waals surface area contributed by atoms with Crippen molar-refractivity contribution in [3.8, 4) is 0 Å². The van der Waals surface area contributed by atoms with Crippen molar-refractivity contribution in [1.82, 2.24) is 9.97 Å². The summed E-state index contributed by atoms with van der Waals surface area (Å²) in [4.78, 5) is 21.4. The second-order valence-corrected chi connectivity index (χ2v) is 8.77. The van der Waals surface area contributed by atoms with Crippen LogP contribution in [0.5, 0.6) is 0 Å². The van der Waals surface area contributed by atoms with Crippen LogP contribution in [0.25, 0.3) is 23.1 Å². The third kappa shape index (κ3) is 5.25. The van der Waals surface area contributed by atoms with Crippen LogP contribution in [0.3, 0.4) is 0 Å². The fourth-order valence-corrected chi connectivity index (χ4v) is 4.49. The molecule has 10 nitrogen and oxygen atoms in total. The summed E-state index contributed by atoms with van der Waals surface area (Å²) < 4.78 is 25.7. The molecule has 2 aromatic heterocycles. The molecule has 1 saturated carbocycles. The Hall–Kier alpha value is -3.57. The number of aliphatic hydroxyl groups excluding tert-OH is 1.